The molecule has 0 radical (unpaired) electrons. The number of benzene rings is 1. The lowest BCUT2D eigenvalue weighted by Crippen LogP contribution is -2.57. The minimum atomic E-state index is -1.18. The molecule has 1 aromatic rings. The summed E-state index contributed by atoms with van der Waals surface area (Å²) in [6.07, 6.45) is 1.35. The van der Waals surface area contributed by atoms with Crippen molar-refractivity contribution >= 4 is 18.1 Å². The molecule has 5 atom stereocenters. The van der Waals surface area contributed by atoms with Crippen molar-refractivity contribution in [3.05, 3.63) is 34.9 Å². The van der Waals surface area contributed by atoms with E-state index in [9.17, 15) is 24.6 Å². The number of aldehydes is 1. The Morgan fingerprint density at radius 2 is 2.10 bits per heavy atom. The number of aliphatic hydroxyl groups is 2. The van der Waals surface area contributed by atoms with Crippen LogP contribution in [0.5, 0.6) is 11.5 Å². The highest BCUT2D eigenvalue weighted by Crippen LogP contribution is 2.51. The number of hydrogen-bond acceptors (Lipinski definition) is 9. The molecule has 3 N–H and O–H groups in total. The van der Waals surface area contributed by atoms with Gasteiger partial charge < -0.3 is 39.4 Å². The number of nitrogens with one attached hydrogen (secondary N) is 1. The van der Waals surface area contributed by atoms with Crippen LogP contribution in [0.15, 0.2) is 23.8 Å². The molecule has 2 aliphatic heterocycles. The first kappa shape index (κ1) is 29.0. The van der Waals surface area contributed by atoms with Crippen LogP contribution in [0, 0.1) is 5.92 Å². The number of nitrogens with zero attached hydrogens (tertiary/aromatic N) is 1. The van der Waals surface area contributed by atoms with Gasteiger partial charge in [0.05, 0.1) is 44.3 Å². The number of rotatable bonds is 12. The van der Waals surface area contributed by atoms with Crippen LogP contribution in [-0.2, 0) is 19.1 Å². The third-order valence-electron chi connectivity index (χ3n) is 7.33. The summed E-state index contributed by atoms with van der Waals surface area (Å²) in [5, 5.41) is 23.7. The zero-order valence-electron chi connectivity index (χ0n) is 22.6. The van der Waals surface area contributed by atoms with Gasteiger partial charge in [0, 0.05) is 43.0 Å². The molecule has 1 fully saturated rings. The largest absolute Gasteiger partial charge is 0.493 e. The first-order valence-electron chi connectivity index (χ1n) is 13.4. The van der Waals surface area contributed by atoms with Crippen molar-refractivity contribution in [3.63, 3.8) is 0 Å². The minimum Gasteiger partial charge on any atom is -0.493 e. The van der Waals surface area contributed by atoms with E-state index < -0.39 is 30.1 Å². The lowest BCUT2D eigenvalue weighted by atomic mass is 9.77. The van der Waals surface area contributed by atoms with E-state index in [0.717, 1.165) is 0 Å². The molecule has 214 valence electrons. The van der Waals surface area contributed by atoms with Gasteiger partial charge in [-0.1, -0.05) is 0 Å². The standard InChI is InChI=1S/C28H38N2O9/c1-16(2)38-9-4-7-30(28(35)18-5-10-37-15-18)21-13-20(27(34)29-6-8-31)23-19-11-17(14-32)12-22(36-3)25(19)39-26(23)24(21)33/h11-14,16,18,21,23-24,26,31,33H,4-10,15H2,1-3H3,(H,29,34)/t18?,21-,23+,24+,26+/m1/s1. The number of hydrogen-bond donors (Lipinski definition) is 3. The van der Waals surface area contributed by atoms with Crippen LogP contribution < -0.4 is 14.8 Å². The molecule has 11 heteroatoms. The number of amides is 2. The van der Waals surface area contributed by atoms with Crippen molar-refractivity contribution in [2.24, 2.45) is 5.92 Å². The van der Waals surface area contributed by atoms with E-state index >= 15 is 0 Å². The Morgan fingerprint density at radius 1 is 1.31 bits per heavy atom. The van der Waals surface area contributed by atoms with Gasteiger partial charge in [0.2, 0.25) is 11.8 Å². The van der Waals surface area contributed by atoms with Gasteiger partial charge in [-0.25, -0.2) is 0 Å². The number of aliphatic hydroxyl groups excluding tert-OH is 2. The number of fused-ring (bicyclic) bond motifs is 3. The SMILES string of the molecule is COc1cc(C=O)cc2c1O[C@@H]1[C@@H](O)[C@H](N(CCCOC(C)C)C(=O)C3CCOC3)C=C(C(=O)NCCO)[C@H]21. The third-order valence-corrected chi connectivity index (χ3v) is 7.33. The second-order valence-electron chi connectivity index (χ2n) is 10.3. The quantitative estimate of drug-likeness (QED) is 0.256. The molecule has 0 bridgehead atoms. The zero-order chi connectivity index (χ0) is 28.1. The van der Waals surface area contributed by atoms with Gasteiger partial charge in [0.15, 0.2) is 11.5 Å². The molecule has 2 heterocycles. The van der Waals surface area contributed by atoms with Crippen molar-refractivity contribution in [1.82, 2.24) is 10.2 Å². The molecule has 1 unspecified atom stereocenters. The van der Waals surface area contributed by atoms with E-state index in [1.807, 2.05) is 13.8 Å². The van der Waals surface area contributed by atoms with Crippen LogP contribution in [0.1, 0.15) is 48.5 Å². The molecule has 0 saturated carbocycles. The van der Waals surface area contributed by atoms with Crippen molar-refractivity contribution in [2.45, 2.75) is 57.0 Å². The Bertz CT molecular complexity index is 1080. The molecule has 0 spiro atoms. The van der Waals surface area contributed by atoms with Gasteiger partial charge >= 0.3 is 0 Å². The fraction of sp³-hybridized carbons (Fsp3) is 0.607. The Kier molecular flexibility index (Phi) is 9.60. The highest BCUT2D eigenvalue weighted by molar-refractivity contribution is 5.96. The smallest absolute Gasteiger partial charge is 0.247 e. The molecular formula is C28H38N2O9. The van der Waals surface area contributed by atoms with Crippen molar-refractivity contribution in [3.8, 4) is 11.5 Å². The second kappa shape index (κ2) is 12.9. The maximum absolute atomic E-state index is 13.7. The number of carbonyl (C=O) groups excluding carboxylic acids is 3. The topological polar surface area (TPSA) is 144 Å². The highest BCUT2D eigenvalue weighted by Gasteiger charge is 2.51. The van der Waals surface area contributed by atoms with Crippen LogP contribution in [0.4, 0.5) is 0 Å². The summed E-state index contributed by atoms with van der Waals surface area (Å²) < 4.78 is 22.8. The summed E-state index contributed by atoms with van der Waals surface area (Å²) in [5.41, 5.74) is 1.16. The maximum Gasteiger partial charge on any atom is 0.247 e. The van der Waals surface area contributed by atoms with Gasteiger partial charge in [-0.15, -0.1) is 0 Å². The lowest BCUT2D eigenvalue weighted by molar-refractivity contribution is -0.141. The zero-order valence-corrected chi connectivity index (χ0v) is 22.6. The van der Waals surface area contributed by atoms with Crippen LogP contribution in [-0.4, -0.2) is 104 Å². The molecule has 0 aromatic heterocycles. The predicted octanol–water partition coefficient (Wildman–Crippen LogP) is 0.811. The molecule has 3 aliphatic rings. The van der Waals surface area contributed by atoms with Crippen molar-refractivity contribution in [1.29, 1.82) is 0 Å². The molecule has 39 heavy (non-hydrogen) atoms. The number of methoxy groups -OCH3 is 1. The predicted molar refractivity (Wildman–Crippen MR) is 140 cm³/mol. The first-order valence-corrected chi connectivity index (χ1v) is 13.4. The average molecular weight is 547 g/mol. The molecular weight excluding hydrogens is 508 g/mol. The molecule has 4 rings (SSSR count). The van der Waals surface area contributed by atoms with Crippen LogP contribution in [0.25, 0.3) is 0 Å². The molecule has 1 saturated heterocycles. The van der Waals surface area contributed by atoms with Crippen molar-refractivity contribution in [2.75, 3.05) is 46.6 Å². The summed E-state index contributed by atoms with van der Waals surface area (Å²) in [7, 11) is 1.45. The number of carbonyl (C=O) groups is 3. The first-order chi connectivity index (χ1) is 18.8. The van der Waals surface area contributed by atoms with Crippen LogP contribution in [0.3, 0.4) is 0 Å². The van der Waals surface area contributed by atoms with Crippen LogP contribution in [0.2, 0.25) is 0 Å². The highest BCUT2D eigenvalue weighted by atomic mass is 16.5. The van der Waals surface area contributed by atoms with E-state index in [2.05, 4.69) is 5.32 Å². The van der Waals surface area contributed by atoms with Gasteiger partial charge in [0.25, 0.3) is 0 Å². The Balaban J connectivity index is 1.74. The van der Waals surface area contributed by atoms with E-state index in [1.54, 1.807) is 17.0 Å². The van der Waals surface area contributed by atoms with E-state index in [-0.39, 0.29) is 36.7 Å². The van der Waals surface area contributed by atoms with Crippen LogP contribution >= 0.6 is 0 Å². The molecule has 1 aromatic carbocycles. The Labute approximate surface area is 228 Å². The van der Waals surface area contributed by atoms with E-state index in [0.29, 0.717) is 68.1 Å². The average Bonchev–Trinajstić information content (AvgIpc) is 3.60. The summed E-state index contributed by atoms with van der Waals surface area (Å²) in [4.78, 5) is 40.3. The second-order valence-corrected chi connectivity index (χ2v) is 10.3. The summed E-state index contributed by atoms with van der Waals surface area (Å²) in [6.45, 7) is 5.16. The fourth-order valence-electron chi connectivity index (χ4n) is 5.48. The summed E-state index contributed by atoms with van der Waals surface area (Å²) >= 11 is 0. The fourth-order valence-corrected chi connectivity index (χ4v) is 5.48. The van der Waals surface area contributed by atoms with E-state index in [1.165, 1.54) is 13.2 Å². The van der Waals surface area contributed by atoms with E-state index in [4.69, 9.17) is 18.9 Å². The number of ether oxygens (including phenoxy) is 4. The van der Waals surface area contributed by atoms with Gasteiger partial charge in [-0.2, -0.15) is 0 Å². The Hall–Kier alpha value is -2.99. The summed E-state index contributed by atoms with van der Waals surface area (Å²) in [5.74, 6) is -1.03. The normalized spacial score (nSPS) is 25.4. The molecule has 1 aliphatic carbocycles. The monoisotopic (exact) mass is 546 g/mol. The van der Waals surface area contributed by atoms with Gasteiger partial charge in [0.1, 0.15) is 18.5 Å². The van der Waals surface area contributed by atoms with Crippen molar-refractivity contribution < 1.29 is 43.5 Å². The molecule has 11 nitrogen and oxygen atoms in total. The lowest BCUT2D eigenvalue weighted by Gasteiger charge is -2.41. The maximum atomic E-state index is 13.7. The Morgan fingerprint density at radius 3 is 2.74 bits per heavy atom. The summed E-state index contributed by atoms with van der Waals surface area (Å²) in [6, 6.07) is 2.30. The van der Waals surface area contributed by atoms with Gasteiger partial charge in [-0.3, -0.25) is 14.4 Å². The molecule has 2 amide bonds. The minimum absolute atomic E-state index is 0.0286. The van der Waals surface area contributed by atoms with Gasteiger partial charge in [-0.05, 0) is 44.9 Å². The third kappa shape index (κ3) is 6.11.